The predicted molar refractivity (Wildman–Crippen MR) is 175 cm³/mol. The Kier molecular flexibility index (Phi) is 4.79. The van der Waals surface area contributed by atoms with Crippen LogP contribution in [0.1, 0.15) is 25.1 Å². The molecule has 9 rings (SSSR count). The summed E-state index contributed by atoms with van der Waals surface area (Å²) in [5, 5.41) is 3.61. The minimum atomic E-state index is -0.209. The first-order valence-corrected chi connectivity index (χ1v) is 14.6. The number of fused-ring (bicyclic) bond motifs is 8. The van der Waals surface area contributed by atoms with Gasteiger partial charge in [-0.15, -0.1) is 0 Å². The van der Waals surface area contributed by atoms with Crippen molar-refractivity contribution in [2.24, 2.45) is 0 Å². The second-order valence-electron chi connectivity index (χ2n) is 11.9. The van der Waals surface area contributed by atoms with E-state index in [9.17, 15) is 4.79 Å². The van der Waals surface area contributed by atoms with Gasteiger partial charge in [-0.2, -0.15) is 0 Å². The van der Waals surface area contributed by atoms with Crippen LogP contribution >= 0.6 is 0 Å². The SMILES string of the molecule is CC1(C)c2cc3c(cc2-c2cccnc21)c1ccccc1n3-c1ccccc1-c1ccc2c(=O)c3ccccc3oc2c1. The van der Waals surface area contributed by atoms with Crippen LogP contribution in [0.5, 0.6) is 0 Å². The molecule has 0 N–H and O–H groups in total. The molecule has 0 fully saturated rings. The number of rotatable bonds is 2. The average Bonchev–Trinajstić information content (AvgIpc) is 3.48. The van der Waals surface area contributed by atoms with E-state index in [1.807, 2.05) is 54.7 Å². The number of hydrogen-bond donors (Lipinski definition) is 0. The maximum atomic E-state index is 13.2. The molecule has 4 nitrogen and oxygen atoms in total. The smallest absolute Gasteiger partial charge is 0.200 e. The van der Waals surface area contributed by atoms with Crippen LogP contribution in [0.4, 0.5) is 0 Å². The van der Waals surface area contributed by atoms with Crippen molar-refractivity contribution in [1.82, 2.24) is 9.55 Å². The van der Waals surface area contributed by atoms with E-state index in [1.165, 1.54) is 27.5 Å². The van der Waals surface area contributed by atoms with Gasteiger partial charge in [0.2, 0.25) is 5.43 Å². The van der Waals surface area contributed by atoms with Gasteiger partial charge < -0.3 is 8.98 Å². The second-order valence-corrected chi connectivity index (χ2v) is 11.9. The Morgan fingerprint density at radius 1 is 0.628 bits per heavy atom. The number of pyridine rings is 1. The number of para-hydroxylation sites is 3. The first kappa shape index (κ1) is 24.2. The number of aromatic nitrogens is 2. The van der Waals surface area contributed by atoms with Crippen LogP contribution in [-0.2, 0) is 5.41 Å². The van der Waals surface area contributed by atoms with Gasteiger partial charge >= 0.3 is 0 Å². The molecule has 0 saturated heterocycles. The maximum absolute atomic E-state index is 13.2. The summed E-state index contributed by atoms with van der Waals surface area (Å²) in [4.78, 5) is 18.1. The minimum Gasteiger partial charge on any atom is -0.456 e. The van der Waals surface area contributed by atoms with Crippen LogP contribution in [0.3, 0.4) is 0 Å². The van der Waals surface area contributed by atoms with Crippen molar-refractivity contribution < 1.29 is 4.42 Å². The van der Waals surface area contributed by atoms with Crippen LogP contribution < -0.4 is 5.43 Å². The summed E-state index contributed by atoms with van der Waals surface area (Å²) in [6.45, 7) is 4.54. The maximum Gasteiger partial charge on any atom is 0.200 e. The first-order valence-electron chi connectivity index (χ1n) is 14.6. The Balaban J connectivity index is 1.33. The summed E-state index contributed by atoms with van der Waals surface area (Å²) in [5.41, 5.74) is 11.3. The minimum absolute atomic E-state index is 0.00830. The number of benzene rings is 5. The lowest BCUT2D eigenvalue weighted by atomic mass is 9.85. The Hall–Kier alpha value is -5.48. The quantitative estimate of drug-likeness (QED) is 0.200. The third-order valence-corrected chi connectivity index (χ3v) is 9.21. The highest BCUT2D eigenvalue weighted by Crippen LogP contribution is 2.50. The van der Waals surface area contributed by atoms with E-state index in [0.29, 0.717) is 21.9 Å². The van der Waals surface area contributed by atoms with Gasteiger partial charge in [0.1, 0.15) is 11.2 Å². The van der Waals surface area contributed by atoms with Gasteiger partial charge in [-0.05, 0) is 71.3 Å². The standard InChI is InChI=1S/C39H26N2O2/c1-39(2)31-22-34-30(21-29(31)26-13-9-19-40-38(26)39)25-11-4-7-15-33(25)41(34)32-14-6-3-10-24(32)23-17-18-28-36(20-23)43-35-16-8-5-12-27(35)37(28)42/h3-22H,1-2H3. The van der Waals surface area contributed by atoms with E-state index < -0.39 is 0 Å². The summed E-state index contributed by atoms with van der Waals surface area (Å²) < 4.78 is 8.63. The molecule has 0 bridgehead atoms. The molecule has 4 heteroatoms. The molecule has 5 aromatic carbocycles. The molecule has 0 saturated carbocycles. The Labute approximate surface area is 247 Å². The highest BCUT2D eigenvalue weighted by atomic mass is 16.3. The van der Waals surface area contributed by atoms with Gasteiger partial charge in [0.25, 0.3) is 0 Å². The first-order chi connectivity index (χ1) is 21.0. The van der Waals surface area contributed by atoms with E-state index in [2.05, 4.69) is 85.1 Å². The Morgan fingerprint density at radius 3 is 2.28 bits per heavy atom. The van der Waals surface area contributed by atoms with E-state index in [0.717, 1.165) is 33.5 Å². The largest absolute Gasteiger partial charge is 0.456 e. The average molecular weight is 555 g/mol. The molecular formula is C39H26N2O2. The van der Waals surface area contributed by atoms with Crippen LogP contribution in [0.25, 0.3) is 71.7 Å². The number of nitrogens with zero attached hydrogens (tertiary/aromatic N) is 2. The molecule has 43 heavy (non-hydrogen) atoms. The molecule has 1 aliphatic carbocycles. The van der Waals surface area contributed by atoms with E-state index in [4.69, 9.17) is 9.40 Å². The van der Waals surface area contributed by atoms with Crippen molar-refractivity contribution >= 4 is 43.7 Å². The fraction of sp³-hybridized carbons (Fsp3) is 0.0769. The molecule has 204 valence electrons. The van der Waals surface area contributed by atoms with Crippen molar-refractivity contribution in [2.75, 3.05) is 0 Å². The highest BCUT2D eigenvalue weighted by Gasteiger charge is 2.37. The Bertz CT molecular complexity index is 2510. The molecule has 0 radical (unpaired) electrons. The van der Waals surface area contributed by atoms with Gasteiger partial charge in [0.05, 0.1) is 33.2 Å². The fourth-order valence-corrected chi connectivity index (χ4v) is 7.14. The van der Waals surface area contributed by atoms with E-state index in [-0.39, 0.29) is 10.8 Å². The molecule has 0 aliphatic heterocycles. The summed E-state index contributed by atoms with van der Waals surface area (Å²) in [5.74, 6) is 0. The zero-order valence-corrected chi connectivity index (χ0v) is 23.8. The molecule has 0 amide bonds. The normalized spacial score (nSPS) is 13.6. The van der Waals surface area contributed by atoms with Crippen molar-refractivity contribution in [3.05, 3.63) is 143 Å². The monoisotopic (exact) mass is 554 g/mol. The molecule has 0 unspecified atom stereocenters. The van der Waals surface area contributed by atoms with Gasteiger partial charge in [-0.25, -0.2) is 0 Å². The van der Waals surface area contributed by atoms with Crippen LogP contribution in [0, 0.1) is 0 Å². The topological polar surface area (TPSA) is 48.0 Å². The lowest BCUT2D eigenvalue weighted by molar-refractivity contribution is 0.637. The summed E-state index contributed by atoms with van der Waals surface area (Å²) in [6, 6.07) is 39.4. The van der Waals surface area contributed by atoms with Gasteiger partial charge in [-0.3, -0.25) is 9.78 Å². The lowest BCUT2D eigenvalue weighted by Crippen LogP contribution is -2.16. The zero-order valence-electron chi connectivity index (χ0n) is 23.8. The van der Waals surface area contributed by atoms with Gasteiger partial charge in [-0.1, -0.05) is 74.5 Å². The fourth-order valence-electron chi connectivity index (χ4n) is 7.14. The van der Waals surface area contributed by atoms with Crippen molar-refractivity contribution in [3.8, 4) is 27.9 Å². The second kappa shape index (κ2) is 8.52. The number of hydrogen-bond acceptors (Lipinski definition) is 3. The Morgan fingerprint density at radius 2 is 1.37 bits per heavy atom. The molecule has 3 heterocycles. The molecular weight excluding hydrogens is 528 g/mol. The van der Waals surface area contributed by atoms with Crippen molar-refractivity contribution in [3.63, 3.8) is 0 Å². The molecule has 3 aromatic heterocycles. The molecule has 0 atom stereocenters. The van der Waals surface area contributed by atoms with Gasteiger partial charge in [0.15, 0.2) is 0 Å². The van der Waals surface area contributed by atoms with Gasteiger partial charge in [0, 0.05) is 33.5 Å². The van der Waals surface area contributed by atoms with Crippen molar-refractivity contribution in [2.45, 2.75) is 19.3 Å². The third kappa shape index (κ3) is 3.26. The van der Waals surface area contributed by atoms with E-state index in [1.54, 1.807) is 0 Å². The summed E-state index contributed by atoms with van der Waals surface area (Å²) in [6.07, 6.45) is 1.90. The van der Waals surface area contributed by atoms with E-state index >= 15 is 0 Å². The summed E-state index contributed by atoms with van der Waals surface area (Å²) >= 11 is 0. The highest BCUT2D eigenvalue weighted by molar-refractivity contribution is 6.12. The van der Waals surface area contributed by atoms with Crippen LogP contribution in [0.15, 0.2) is 131 Å². The van der Waals surface area contributed by atoms with Crippen LogP contribution in [-0.4, -0.2) is 9.55 Å². The van der Waals surface area contributed by atoms with Crippen LogP contribution in [0.2, 0.25) is 0 Å². The van der Waals surface area contributed by atoms with Crippen molar-refractivity contribution in [1.29, 1.82) is 0 Å². The summed E-state index contributed by atoms with van der Waals surface area (Å²) in [7, 11) is 0. The zero-order chi connectivity index (χ0) is 28.9. The molecule has 8 aromatic rings. The predicted octanol–water partition coefficient (Wildman–Crippen LogP) is 9.41. The molecule has 1 aliphatic rings. The lowest BCUT2D eigenvalue weighted by Gasteiger charge is -2.21. The third-order valence-electron chi connectivity index (χ3n) is 9.21. The molecule has 0 spiro atoms.